The van der Waals surface area contributed by atoms with E-state index >= 15 is 0 Å². The van der Waals surface area contributed by atoms with Crippen LogP contribution in [0.3, 0.4) is 0 Å². The molecule has 0 radical (unpaired) electrons. The highest BCUT2D eigenvalue weighted by Crippen LogP contribution is 2.31. The summed E-state index contributed by atoms with van der Waals surface area (Å²) in [7, 11) is 1.96. The zero-order chi connectivity index (χ0) is 17.2. The quantitative estimate of drug-likeness (QED) is 0.880. The van der Waals surface area contributed by atoms with Crippen LogP contribution in [0.4, 0.5) is 13.2 Å². The lowest BCUT2D eigenvalue weighted by Crippen LogP contribution is -2.24. The maximum absolute atomic E-state index is 12.7. The lowest BCUT2D eigenvalue weighted by atomic mass is 10.1. The first kappa shape index (κ1) is 17.0. The molecule has 1 aromatic heterocycles. The molecule has 1 unspecified atom stereocenters. The average Bonchev–Trinajstić information content (AvgIpc) is 3.17. The van der Waals surface area contributed by atoms with Crippen LogP contribution in [0, 0.1) is 5.92 Å². The number of hydrogen-bond acceptors (Lipinski definition) is 3. The summed E-state index contributed by atoms with van der Waals surface area (Å²) in [5.74, 6) is 0.649. The molecule has 1 aromatic carbocycles. The predicted octanol–water partition coefficient (Wildman–Crippen LogP) is 3.14. The molecule has 0 spiro atoms. The predicted molar refractivity (Wildman–Crippen MR) is 86.3 cm³/mol. The third-order valence-electron chi connectivity index (χ3n) is 4.48. The van der Waals surface area contributed by atoms with E-state index in [1.165, 1.54) is 12.1 Å². The summed E-state index contributed by atoms with van der Waals surface area (Å²) >= 11 is 0. The second-order valence-electron chi connectivity index (χ2n) is 6.29. The van der Waals surface area contributed by atoms with Gasteiger partial charge in [-0.2, -0.15) is 18.3 Å². The number of likely N-dealkylation sites (tertiary alicyclic amines) is 1. The van der Waals surface area contributed by atoms with Crippen molar-refractivity contribution in [3.05, 3.63) is 41.6 Å². The molecule has 130 valence electrons. The Morgan fingerprint density at radius 3 is 2.71 bits per heavy atom. The van der Waals surface area contributed by atoms with Crippen LogP contribution in [0.2, 0.25) is 0 Å². The van der Waals surface area contributed by atoms with Gasteiger partial charge in [0.2, 0.25) is 0 Å². The second-order valence-corrected chi connectivity index (χ2v) is 6.29. The van der Waals surface area contributed by atoms with Crippen molar-refractivity contribution in [1.29, 1.82) is 0 Å². The minimum Gasteiger partial charge on any atom is -0.319 e. The molecule has 2 N–H and O–H groups in total. The van der Waals surface area contributed by atoms with Gasteiger partial charge < -0.3 is 5.32 Å². The summed E-state index contributed by atoms with van der Waals surface area (Å²) in [6, 6.07) is 5.21. The van der Waals surface area contributed by atoms with Crippen LogP contribution in [0.25, 0.3) is 11.3 Å². The Bertz CT molecular complexity index is 663. The van der Waals surface area contributed by atoms with Crippen molar-refractivity contribution >= 4 is 0 Å². The Labute approximate surface area is 139 Å². The molecule has 0 aliphatic carbocycles. The molecule has 24 heavy (non-hydrogen) atoms. The number of H-pyrrole nitrogens is 1. The summed E-state index contributed by atoms with van der Waals surface area (Å²) in [5.41, 5.74) is 1.89. The molecule has 1 atom stereocenters. The van der Waals surface area contributed by atoms with Crippen LogP contribution in [0.1, 0.15) is 17.5 Å². The topological polar surface area (TPSA) is 44.0 Å². The van der Waals surface area contributed by atoms with Crippen LogP contribution in [-0.2, 0) is 12.7 Å². The lowest BCUT2D eigenvalue weighted by molar-refractivity contribution is -0.137. The number of hydrogen-bond donors (Lipinski definition) is 2. The van der Waals surface area contributed by atoms with Crippen LogP contribution >= 0.6 is 0 Å². The van der Waals surface area contributed by atoms with Crippen molar-refractivity contribution in [2.45, 2.75) is 19.1 Å². The van der Waals surface area contributed by atoms with Crippen molar-refractivity contribution in [2.24, 2.45) is 5.92 Å². The third kappa shape index (κ3) is 3.79. The van der Waals surface area contributed by atoms with Crippen molar-refractivity contribution < 1.29 is 13.2 Å². The van der Waals surface area contributed by atoms with E-state index in [9.17, 15) is 13.2 Å². The third-order valence-corrected chi connectivity index (χ3v) is 4.48. The summed E-state index contributed by atoms with van der Waals surface area (Å²) < 4.78 is 38.0. The van der Waals surface area contributed by atoms with E-state index in [1.807, 2.05) is 7.05 Å². The average molecular weight is 338 g/mol. The van der Waals surface area contributed by atoms with Crippen molar-refractivity contribution in [1.82, 2.24) is 20.4 Å². The molecular weight excluding hydrogens is 317 g/mol. The van der Waals surface area contributed by atoms with Gasteiger partial charge in [0.05, 0.1) is 17.5 Å². The molecule has 1 aliphatic rings. The molecule has 1 fully saturated rings. The van der Waals surface area contributed by atoms with E-state index in [4.69, 9.17) is 0 Å². The van der Waals surface area contributed by atoms with Crippen molar-refractivity contribution in [2.75, 3.05) is 26.7 Å². The number of rotatable bonds is 5. The smallest absolute Gasteiger partial charge is 0.319 e. The number of nitrogens with zero attached hydrogens (tertiary/aromatic N) is 2. The fraction of sp³-hybridized carbons (Fsp3) is 0.471. The van der Waals surface area contributed by atoms with Gasteiger partial charge in [0.1, 0.15) is 0 Å². The largest absolute Gasteiger partial charge is 0.416 e. The normalized spacial score (nSPS) is 19.1. The fourth-order valence-corrected chi connectivity index (χ4v) is 3.26. The highest BCUT2D eigenvalue weighted by molar-refractivity contribution is 5.63. The number of halogens is 3. The molecule has 0 bridgehead atoms. The SMILES string of the molecule is CNCC1CCN(Cc2cn[nH]c2-c2ccc(C(F)(F)F)cc2)C1. The van der Waals surface area contributed by atoms with Crippen molar-refractivity contribution in [3.63, 3.8) is 0 Å². The molecule has 7 heteroatoms. The molecule has 1 aliphatic heterocycles. The van der Waals surface area contributed by atoms with E-state index in [1.54, 1.807) is 6.20 Å². The Morgan fingerprint density at radius 1 is 1.29 bits per heavy atom. The van der Waals surface area contributed by atoms with Gasteiger partial charge in [0, 0.05) is 18.7 Å². The first-order chi connectivity index (χ1) is 11.5. The molecule has 1 saturated heterocycles. The van der Waals surface area contributed by atoms with Crippen LogP contribution < -0.4 is 5.32 Å². The van der Waals surface area contributed by atoms with Gasteiger partial charge in [-0.3, -0.25) is 10.00 Å². The number of alkyl halides is 3. The van der Waals surface area contributed by atoms with Crippen molar-refractivity contribution in [3.8, 4) is 11.3 Å². The van der Waals surface area contributed by atoms with Crippen LogP contribution in [-0.4, -0.2) is 41.8 Å². The summed E-state index contributed by atoms with van der Waals surface area (Å²) in [6.45, 7) is 3.82. The van der Waals surface area contributed by atoms with E-state index < -0.39 is 11.7 Å². The first-order valence-electron chi connectivity index (χ1n) is 8.04. The minimum atomic E-state index is -4.31. The van der Waals surface area contributed by atoms with Crippen LogP contribution in [0.15, 0.2) is 30.5 Å². The number of nitrogens with one attached hydrogen (secondary N) is 2. The highest BCUT2D eigenvalue weighted by atomic mass is 19.4. The zero-order valence-corrected chi connectivity index (χ0v) is 13.5. The molecule has 0 amide bonds. The summed E-state index contributed by atoms with van der Waals surface area (Å²) in [5, 5.41) is 10.2. The maximum atomic E-state index is 12.7. The van der Waals surface area contributed by atoms with E-state index in [2.05, 4.69) is 20.4 Å². The van der Waals surface area contributed by atoms with Gasteiger partial charge in [-0.15, -0.1) is 0 Å². The van der Waals surface area contributed by atoms with Gasteiger partial charge in [-0.1, -0.05) is 12.1 Å². The maximum Gasteiger partial charge on any atom is 0.416 e. The number of aromatic nitrogens is 2. The lowest BCUT2D eigenvalue weighted by Gasteiger charge is -2.16. The van der Waals surface area contributed by atoms with Gasteiger partial charge in [-0.25, -0.2) is 0 Å². The van der Waals surface area contributed by atoms with E-state index in [0.717, 1.165) is 61.6 Å². The fourth-order valence-electron chi connectivity index (χ4n) is 3.26. The molecule has 2 heterocycles. The molecular formula is C17H21F3N4. The second kappa shape index (κ2) is 6.94. The molecule has 0 saturated carbocycles. The summed E-state index contributed by atoms with van der Waals surface area (Å²) in [4.78, 5) is 2.36. The van der Waals surface area contributed by atoms with E-state index in [0.29, 0.717) is 5.92 Å². The highest BCUT2D eigenvalue weighted by Gasteiger charge is 2.30. The Kier molecular flexibility index (Phi) is 4.91. The van der Waals surface area contributed by atoms with E-state index in [-0.39, 0.29) is 0 Å². The summed E-state index contributed by atoms with van der Waals surface area (Å²) in [6.07, 6.45) is -1.39. The molecule has 3 rings (SSSR count). The minimum absolute atomic E-state index is 0.637. The Balaban J connectivity index is 1.71. The zero-order valence-electron chi connectivity index (χ0n) is 13.5. The van der Waals surface area contributed by atoms with Crippen LogP contribution in [0.5, 0.6) is 0 Å². The first-order valence-corrected chi connectivity index (χ1v) is 8.04. The monoisotopic (exact) mass is 338 g/mol. The van der Waals surface area contributed by atoms with Gasteiger partial charge >= 0.3 is 6.18 Å². The Hall–Kier alpha value is -1.86. The molecule has 4 nitrogen and oxygen atoms in total. The Morgan fingerprint density at radius 2 is 2.04 bits per heavy atom. The van der Waals surface area contributed by atoms with Gasteiger partial charge in [0.15, 0.2) is 0 Å². The number of aromatic amines is 1. The standard InChI is InChI=1S/C17H21F3N4/c1-21-8-12-6-7-24(10-12)11-14-9-22-23-16(14)13-2-4-15(5-3-13)17(18,19)20/h2-5,9,12,21H,6-8,10-11H2,1H3,(H,22,23). The van der Waals surface area contributed by atoms with Gasteiger partial charge in [-0.05, 0) is 50.2 Å². The number of benzene rings is 1. The van der Waals surface area contributed by atoms with Gasteiger partial charge in [0.25, 0.3) is 0 Å². The molecule has 2 aromatic rings.